The summed E-state index contributed by atoms with van der Waals surface area (Å²) in [5.74, 6) is 1.32. The lowest BCUT2D eigenvalue weighted by atomic mass is 9.98. The average Bonchev–Trinajstić information content (AvgIpc) is 2.57. The van der Waals surface area contributed by atoms with Gasteiger partial charge >= 0.3 is 0 Å². The maximum absolute atomic E-state index is 12.3. The first kappa shape index (κ1) is 19.0. The minimum Gasteiger partial charge on any atom is -0.493 e. The lowest BCUT2D eigenvalue weighted by Crippen LogP contribution is -2.15. The van der Waals surface area contributed by atoms with Gasteiger partial charge in [-0.15, -0.1) is 0 Å². The Morgan fingerprint density at radius 3 is 2.44 bits per heavy atom. The molecule has 25 heavy (non-hydrogen) atoms. The Bertz CT molecular complexity index is 735. The number of hydrogen-bond donors (Lipinski definition) is 1. The van der Waals surface area contributed by atoms with Gasteiger partial charge in [0.05, 0.1) is 6.61 Å². The van der Waals surface area contributed by atoms with E-state index in [1.165, 1.54) is 11.1 Å². The topological polar surface area (TPSA) is 38.3 Å². The quantitative estimate of drug-likeness (QED) is 0.673. The van der Waals surface area contributed by atoms with Crippen LogP contribution in [0.2, 0.25) is 0 Å². The Hall–Kier alpha value is -2.29. The molecule has 0 radical (unpaired) electrons. The number of benzene rings is 2. The number of carbonyl (C=O) groups is 1. The number of nitrogens with one attached hydrogen (secondary N) is 1. The van der Waals surface area contributed by atoms with Crippen molar-refractivity contribution in [2.75, 3.05) is 11.9 Å². The van der Waals surface area contributed by atoms with E-state index in [-0.39, 0.29) is 5.91 Å². The fraction of sp³-hybridized carbons (Fsp3) is 0.409. The number of rotatable bonds is 7. The Labute approximate surface area is 151 Å². The number of hydrogen-bond acceptors (Lipinski definition) is 2. The van der Waals surface area contributed by atoms with Crippen LogP contribution in [0.4, 0.5) is 5.69 Å². The van der Waals surface area contributed by atoms with Crippen molar-refractivity contribution < 1.29 is 9.53 Å². The highest BCUT2D eigenvalue weighted by atomic mass is 16.5. The van der Waals surface area contributed by atoms with Gasteiger partial charge in [-0.25, -0.2) is 0 Å². The van der Waals surface area contributed by atoms with Crippen molar-refractivity contribution in [1.29, 1.82) is 0 Å². The number of para-hydroxylation sites is 1. The smallest absolute Gasteiger partial charge is 0.224 e. The van der Waals surface area contributed by atoms with Crippen LogP contribution in [-0.4, -0.2) is 12.5 Å². The first-order chi connectivity index (χ1) is 11.9. The van der Waals surface area contributed by atoms with Crippen LogP contribution in [0, 0.1) is 20.8 Å². The lowest BCUT2D eigenvalue weighted by molar-refractivity contribution is -0.116. The van der Waals surface area contributed by atoms with Crippen molar-refractivity contribution in [3.8, 4) is 5.75 Å². The van der Waals surface area contributed by atoms with Gasteiger partial charge in [-0.1, -0.05) is 44.2 Å². The molecule has 0 saturated carbocycles. The number of ether oxygens (including phenoxy) is 1. The number of aryl methyl sites for hydroxylation is 2. The third kappa shape index (κ3) is 5.09. The van der Waals surface area contributed by atoms with E-state index >= 15 is 0 Å². The molecule has 0 heterocycles. The molecule has 0 saturated heterocycles. The van der Waals surface area contributed by atoms with Gasteiger partial charge in [-0.2, -0.15) is 0 Å². The molecule has 2 aromatic rings. The van der Waals surface area contributed by atoms with Crippen molar-refractivity contribution in [1.82, 2.24) is 0 Å². The standard InChI is InChI=1S/C22H29NO2/c1-15(2)19-11-6-10-17(4)22(19)23-21(24)13-8-14-25-20-12-7-9-16(3)18(20)5/h6-7,9-12,15H,8,13-14H2,1-5H3,(H,23,24). The van der Waals surface area contributed by atoms with Gasteiger partial charge in [0.15, 0.2) is 0 Å². The molecule has 1 N–H and O–H groups in total. The summed E-state index contributed by atoms with van der Waals surface area (Å²) in [6.07, 6.45) is 1.15. The average molecular weight is 339 g/mol. The van der Waals surface area contributed by atoms with E-state index in [1.54, 1.807) is 0 Å². The van der Waals surface area contributed by atoms with E-state index in [1.807, 2.05) is 31.2 Å². The molecule has 0 aromatic heterocycles. The molecular formula is C22H29NO2. The molecule has 3 nitrogen and oxygen atoms in total. The third-order valence-corrected chi connectivity index (χ3v) is 4.55. The number of carbonyl (C=O) groups excluding carboxylic acids is 1. The van der Waals surface area contributed by atoms with Gasteiger partial charge in [0.1, 0.15) is 5.75 Å². The van der Waals surface area contributed by atoms with Crippen LogP contribution in [0.25, 0.3) is 0 Å². The molecule has 2 aromatic carbocycles. The van der Waals surface area contributed by atoms with Gasteiger partial charge in [-0.05, 0) is 61.4 Å². The van der Waals surface area contributed by atoms with Crippen molar-refractivity contribution in [2.24, 2.45) is 0 Å². The Kier molecular flexibility index (Phi) is 6.63. The van der Waals surface area contributed by atoms with E-state index in [0.717, 1.165) is 22.6 Å². The van der Waals surface area contributed by atoms with Crippen LogP contribution in [0.5, 0.6) is 5.75 Å². The Morgan fingerprint density at radius 2 is 1.72 bits per heavy atom. The van der Waals surface area contributed by atoms with Crippen LogP contribution < -0.4 is 10.1 Å². The summed E-state index contributed by atoms with van der Waals surface area (Å²) in [5.41, 5.74) is 5.62. The predicted octanol–water partition coefficient (Wildman–Crippen LogP) is 5.53. The maximum Gasteiger partial charge on any atom is 0.224 e. The van der Waals surface area contributed by atoms with E-state index in [2.05, 4.69) is 45.1 Å². The van der Waals surface area contributed by atoms with Crippen LogP contribution in [0.15, 0.2) is 36.4 Å². The zero-order valence-corrected chi connectivity index (χ0v) is 16.0. The molecular weight excluding hydrogens is 310 g/mol. The maximum atomic E-state index is 12.3. The molecule has 0 aliphatic rings. The second-order valence-corrected chi connectivity index (χ2v) is 6.89. The van der Waals surface area contributed by atoms with Crippen molar-refractivity contribution in [3.05, 3.63) is 58.7 Å². The molecule has 0 unspecified atom stereocenters. The Balaban J connectivity index is 1.87. The normalized spacial score (nSPS) is 10.8. The van der Waals surface area contributed by atoms with Gasteiger partial charge in [-0.3, -0.25) is 4.79 Å². The van der Waals surface area contributed by atoms with Gasteiger partial charge in [0.25, 0.3) is 0 Å². The van der Waals surface area contributed by atoms with Gasteiger partial charge in [0.2, 0.25) is 5.91 Å². The summed E-state index contributed by atoms with van der Waals surface area (Å²) in [6.45, 7) is 11.0. The highest BCUT2D eigenvalue weighted by molar-refractivity contribution is 5.92. The first-order valence-electron chi connectivity index (χ1n) is 8.98. The summed E-state index contributed by atoms with van der Waals surface area (Å²) < 4.78 is 5.82. The number of amides is 1. The van der Waals surface area contributed by atoms with Gasteiger partial charge in [0, 0.05) is 12.1 Å². The van der Waals surface area contributed by atoms with Crippen molar-refractivity contribution in [3.63, 3.8) is 0 Å². The molecule has 1 amide bonds. The minimum absolute atomic E-state index is 0.0424. The summed E-state index contributed by atoms with van der Waals surface area (Å²) >= 11 is 0. The molecule has 0 bridgehead atoms. The SMILES string of the molecule is Cc1cccc(OCCCC(=O)Nc2c(C)cccc2C(C)C)c1C. The monoisotopic (exact) mass is 339 g/mol. The van der Waals surface area contributed by atoms with E-state index in [9.17, 15) is 4.79 Å². The molecule has 134 valence electrons. The summed E-state index contributed by atoms with van der Waals surface area (Å²) in [6, 6.07) is 12.2. The summed E-state index contributed by atoms with van der Waals surface area (Å²) in [7, 11) is 0. The Morgan fingerprint density at radius 1 is 1.04 bits per heavy atom. The molecule has 0 aliphatic heterocycles. The second-order valence-electron chi connectivity index (χ2n) is 6.89. The molecule has 0 aliphatic carbocycles. The lowest BCUT2D eigenvalue weighted by Gasteiger charge is -2.16. The highest BCUT2D eigenvalue weighted by Crippen LogP contribution is 2.27. The number of anilines is 1. The van der Waals surface area contributed by atoms with Crippen LogP contribution >= 0.6 is 0 Å². The summed E-state index contributed by atoms with van der Waals surface area (Å²) in [5, 5.41) is 3.08. The highest BCUT2D eigenvalue weighted by Gasteiger charge is 2.12. The van der Waals surface area contributed by atoms with Crippen LogP contribution in [0.1, 0.15) is 54.9 Å². The fourth-order valence-corrected chi connectivity index (χ4v) is 2.84. The van der Waals surface area contributed by atoms with Gasteiger partial charge < -0.3 is 10.1 Å². The zero-order chi connectivity index (χ0) is 18.4. The molecule has 0 atom stereocenters. The summed E-state index contributed by atoms with van der Waals surface area (Å²) in [4.78, 5) is 12.3. The van der Waals surface area contributed by atoms with Crippen molar-refractivity contribution >= 4 is 11.6 Å². The molecule has 3 heteroatoms. The largest absolute Gasteiger partial charge is 0.493 e. The van der Waals surface area contributed by atoms with E-state index in [0.29, 0.717) is 25.4 Å². The zero-order valence-electron chi connectivity index (χ0n) is 16.0. The van der Waals surface area contributed by atoms with E-state index in [4.69, 9.17) is 4.74 Å². The van der Waals surface area contributed by atoms with Crippen LogP contribution in [0.3, 0.4) is 0 Å². The predicted molar refractivity (Wildman–Crippen MR) is 105 cm³/mol. The van der Waals surface area contributed by atoms with E-state index < -0.39 is 0 Å². The first-order valence-corrected chi connectivity index (χ1v) is 8.98. The fourth-order valence-electron chi connectivity index (χ4n) is 2.84. The van der Waals surface area contributed by atoms with Crippen LogP contribution in [-0.2, 0) is 4.79 Å². The molecule has 2 rings (SSSR count). The third-order valence-electron chi connectivity index (χ3n) is 4.55. The molecule has 0 fully saturated rings. The minimum atomic E-state index is 0.0424. The van der Waals surface area contributed by atoms with Crippen molar-refractivity contribution in [2.45, 2.75) is 53.4 Å². The molecule has 0 spiro atoms. The second kappa shape index (κ2) is 8.70.